The van der Waals surface area contributed by atoms with E-state index >= 15 is 0 Å². The normalized spacial score (nSPS) is 22.9. The Bertz CT molecular complexity index is 518. The number of rotatable bonds is 1. The van der Waals surface area contributed by atoms with Gasteiger partial charge in [-0.2, -0.15) is 0 Å². The van der Waals surface area contributed by atoms with Gasteiger partial charge < -0.3 is 4.90 Å². The van der Waals surface area contributed by atoms with Crippen LogP contribution in [0.5, 0.6) is 0 Å². The summed E-state index contributed by atoms with van der Waals surface area (Å²) in [5.41, 5.74) is 3.15. The van der Waals surface area contributed by atoms with Gasteiger partial charge in [-0.1, -0.05) is 18.2 Å². The van der Waals surface area contributed by atoms with Gasteiger partial charge in [-0.15, -0.1) is 0 Å². The first-order chi connectivity index (χ1) is 8.59. The van der Waals surface area contributed by atoms with Gasteiger partial charge in [-0.3, -0.25) is 14.5 Å². The fraction of sp³-hybridized carbons (Fsp3) is 0.429. The lowest BCUT2D eigenvalue weighted by molar-refractivity contribution is -0.129. The van der Waals surface area contributed by atoms with Crippen LogP contribution >= 0.6 is 0 Å². The van der Waals surface area contributed by atoms with E-state index in [0.717, 1.165) is 23.2 Å². The maximum atomic E-state index is 12.2. The lowest BCUT2D eigenvalue weighted by Gasteiger charge is -2.27. The van der Waals surface area contributed by atoms with E-state index < -0.39 is 0 Å². The van der Waals surface area contributed by atoms with Crippen LogP contribution in [0.2, 0.25) is 0 Å². The lowest BCUT2D eigenvalue weighted by Crippen LogP contribution is -2.37. The summed E-state index contributed by atoms with van der Waals surface area (Å²) in [5, 5.41) is 0. The molecule has 4 heteroatoms. The Labute approximate surface area is 106 Å². The zero-order valence-corrected chi connectivity index (χ0v) is 10.6. The minimum absolute atomic E-state index is 0.0328. The molecule has 0 aliphatic carbocycles. The molecule has 1 atom stereocenters. The second-order valence-corrected chi connectivity index (χ2v) is 5.05. The Balaban J connectivity index is 2.06. The molecule has 0 saturated carbocycles. The molecule has 1 unspecified atom stereocenters. The van der Waals surface area contributed by atoms with Gasteiger partial charge in [0.1, 0.15) is 12.7 Å². The molecule has 2 saturated heterocycles. The van der Waals surface area contributed by atoms with Crippen molar-refractivity contribution in [2.24, 2.45) is 0 Å². The number of anilines is 1. The monoisotopic (exact) mass is 244 g/mol. The summed E-state index contributed by atoms with van der Waals surface area (Å²) in [6, 6.07) is 6.01. The zero-order chi connectivity index (χ0) is 12.9. The molecule has 2 aliphatic heterocycles. The summed E-state index contributed by atoms with van der Waals surface area (Å²) in [6.45, 7) is 4.25. The number of carbonyl (C=O) groups excluding carboxylic acids is 2. The van der Waals surface area contributed by atoms with Crippen molar-refractivity contribution in [3.8, 4) is 0 Å². The Morgan fingerprint density at radius 2 is 1.78 bits per heavy atom. The molecular weight excluding hydrogens is 228 g/mol. The summed E-state index contributed by atoms with van der Waals surface area (Å²) in [7, 11) is 0. The van der Waals surface area contributed by atoms with E-state index in [2.05, 4.69) is 0 Å². The minimum Gasteiger partial charge on any atom is -0.312 e. The van der Waals surface area contributed by atoms with Crippen LogP contribution in [0.1, 0.15) is 24.0 Å². The van der Waals surface area contributed by atoms with Gasteiger partial charge in [0.15, 0.2) is 0 Å². The molecule has 18 heavy (non-hydrogen) atoms. The molecule has 1 aromatic rings. The van der Waals surface area contributed by atoms with Gasteiger partial charge in [-0.25, -0.2) is 0 Å². The molecule has 0 N–H and O–H groups in total. The topological polar surface area (TPSA) is 40.6 Å². The molecule has 2 heterocycles. The highest BCUT2D eigenvalue weighted by Gasteiger charge is 2.45. The fourth-order valence-electron chi connectivity index (χ4n) is 3.03. The Morgan fingerprint density at radius 1 is 1.11 bits per heavy atom. The average molecular weight is 244 g/mol. The molecule has 4 nitrogen and oxygen atoms in total. The van der Waals surface area contributed by atoms with Gasteiger partial charge in [0.05, 0.1) is 5.69 Å². The SMILES string of the molecule is Cc1cccc(C)c1N1C(=O)CN2C(=O)CCC21. The van der Waals surface area contributed by atoms with Crippen molar-refractivity contribution in [2.45, 2.75) is 32.9 Å². The van der Waals surface area contributed by atoms with Gasteiger partial charge in [-0.05, 0) is 31.4 Å². The van der Waals surface area contributed by atoms with Gasteiger partial charge in [0.2, 0.25) is 11.8 Å². The number of amides is 2. The molecule has 0 bridgehead atoms. The zero-order valence-electron chi connectivity index (χ0n) is 10.6. The van der Waals surface area contributed by atoms with Gasteiger partial charge >= 0.3 is 0 Å². The summed E-state index contributed by atoms with van der Waals surface area (Å²) in [6.07, 6.45) is 1.24. The molecular formula is C14H16N2O2. The van der Waals surface area contributed by atoms with Crippen molar-refractivity contribution in [1.82, 2.24) is 4.90 Å². The molecule has 1 aromatic carbocycles. The fourth-order valence-corrected chi connectivity index (χ4v) is 3.03. The van der Waals surface area contributed by atoms with E-state index in [1.165, 1.54) is 0 Å². The van der Waals surface area contributed by atoms with Crippen LogP contribution < -0.4 is 4.90 Å². The first-order valence-corrected chi connectivity index (χ1v) is 6.27. The number of hydrogen-bond acceptors (Lipinski definition) is 2. The lowest BCUT2D eigenvalue weighted by atomic mass is 10.1. The van der Waals surface area contributed by atoms with E-state index in [1.807, 2.05) is 36.9 Å². The first-order valence-electron chi connectivity index (χ1n) is 6.27. The van der Waals surface area contributed by atoms with E-state index in [1.54, 1.807) is 4.90 Å². The molecule has 0 aromatic heterocycles. The van der Waals surface area contributed by atoms with Gasteiger partial charge in [0, 0.05) is 6.42 Å². The number of hydrogen-bond donors (Lipinski definition) is 0. The molecule has 0 radical (unpaired) electrons. The average Bonchev–Trinajstić information content (AvgIpc) is 2.81. The number of fused-ring (bicyclic) bond motifs is 1. The summed E-state index contributed by atoms with van der Waals surface area (Å²) >= 11 is 0. The molecule has 94 valence electrons. The number of carbonyl (C=O) groups is 2. The van der Waals surface area contributed by atoms with Crippen molar-refractivity contribution in [3.63, 3.8) is 0 Å². The number of para-hydroxylation sites is 1. The van der Waals surface area contributed by atoms with Crippen molar-refractivity contribution in [1.29, 1.82) is 0 Å². The van der Waals surface area contributed by atoms with E-state index in [9.17, 15) is 9.59 Å². The van der Waals surface area contributed by atoms with Crippen LogP contribution in [-0.4, -0.2) is 29.4 Å². The second-order valence-electron chi connectivity index (χ2n) is 5.05. The third-order valence-electron chi connectivity index (χ3n) is 3.85. The maximum absolute atomic E-state index is 12.2. The van der Waals surface area contributed by atoms with Crippen LogP contribution in [-0.2, 0) is 9.59 Å². The predicted molar refractivity (Wildman–Crippen MR) is 68.1 cm³/mol. The minimum atomic E-state index is -0.0650. The van der Waals surface area contributed by atoms with Crippen molar-refractivity contribution in [3.05, 3.63) is 29.3 Å². The number of benzene rings is 1. The van der Waals surface area contributed by atoms with E-state index in [4.69, 9.17) is 0 Å². The Morgan fingerprint density at radius 3 is 2.44 bits per heavy atom. The van der Waals surface area contributed by atoms with Gasteiger partial charge in [0.25, 0.3) is 0 Å². The van der Waals surface area contributed by atoms with E-state index in [0.29, 0.717) is 6.42 Å². The van der Waals surface area contributed by atoms with E-state index in [-0.39, 0.29) is 24.5 Å². The quantitative estimate of drug-likeness (QED) is 0.753. The number of nitrogens with zero attached hydrogens (tertiary/aromatic N) is 2. The highest BCUT2D eigenvalue weighted by molar-refractivity contribution is 6.03. The summed E-state index contributed by atoms with van der Waals surface area (Å²) < 4.78 is 0. The highest BCUT2D eigenvalue weighted by atomic mass is 16.2. The summed E-state index contributed by atoms with van der Waals surface area (Å²) in [4.78, 5) is 27.4. The molecule has 3 rings (SSSR count). The van der Waals surface area contributed by atoms with Crippen molar-refractivity contribution < 1.29 is 9.59 Å². The third-order valence-corrected chi connectivity index (χ3v) is 3.85. The molecule has 2 fully saturated rings. The van der Waals surface area contributed by atoms with Crippen LogP contribution in [0.15, 0.2) is 18.2 Å². The third kappa shape index (κ3) is 1.45. The van der Waals surface area contributed by atoms with Crippen LogP contribution in [0, 0.1) is 13.8 Å². The Hall–Kier alpha value is -1.84. The second kappa shape index (κ2) is 3.83. The number of aryl methyl sites for hydroxylation is 2. The molecule has 0 spiro atoms. The first kappa shape index (κ1) is 11.3. The van der Waals surface area contributed by atoms with Crippen LogP contribution in [0.4, 0.5) is 5.69 Å². The standard InChI is InChI=1S/C14H16N2O2/c1-9-4-3-5-10(2)14(9)16-11-6-7-12(17)15(11)8-13(16)18/h3-5,11H,6-8H2,1-2H3. The Kier molecular flexibility index (Phi) is 2.40. The summed E-state index contributed by atoms with van der Waals surface area (Å²) in [5.74, 6) is 0.132. The van der Waals surface area contributed by atoms with Crippen molar-refractivity contribution in [2.75, 3.05) is 11.4 Å². The van der Waals surface area contributed by atoms with Crippen molar-refractivity contribution >= 4 is 17.5 Å². The van der Waals surface area contributed by atoms with Crippen LogP contribution in [0.25, 0.3) is 0 Å². The van der Waals surface area contributed by atoms with Crippen LogP contribution in [0.3, 0.4) is 0 Å². The molecule has 2 amide bonds. The smallest absolute Gasteiger partial charge is 0.248 e. The predicted octanol–water partition coefficient (Wildman–Crippen LogP) is 1.60. The molecule has 2 aliphatic rings. The highest BCUT2D eigenvalue weighted by Crippen LogP contribution is 2.35. The largest absolute Gasteiger partial charge is 0.312 e. The maximum Gasteiger partial charge on any atom is 0.248 e.